The minimum absolute atomic E-state index is 0.106. The second-order valence-electron chi connectivity index (χ2n) is 4.77. The van der Waals surface area contributed by atoms with E-state index in [4.69, 9.17) is 27.4 Å². The molecule has 20 heavy (non-hydrogen) atoms. The van der Waals surface area contributed by atoms with Gasteiger partial charge in [0.1, 0.15) is 5.82 Å². The van der Waals surface area contributed by atoms with Crippen molar-refractivity contribution in [3.63, 3.8) is 0 Å². The Morgan fingerprint density at radius 3 is 2.50 bits per heavy atom. The predicted octanol–water partition coefficient (Wildman–Crippen LogP) is 2.28. The molecule has 0 aliphatic rings. The largest absolute Gasteiger partial charge is 0.493 e. The molecule has 0 radical (unpaired) electrons. The fraction of sp³-hybridized carbons (Fsp3) is 0.429. The zero-order chi connectivity index (χ0) is 14.9. The van der Waals surface area contributed by atoms with Crippen LogP contribution in [0.25, 0.3) is 11.0 Å². The molecule has 2 N–H and O–H groups in total. The first-order chi connectivity index (χ1) is 9.47. The maximum absolute atomic E-state index is 5.70. The maximum atomic E-state index is 5.70. The summed E-state index contributed by atoms with van der Waals surface area (Å²) in [4.78, 5) is 5.06. The van der Waals surface area contributed by atoms with Gasteiger partial charge in [-0.2, -0.15) is 0 Å². The molecule has 0 aliphatic carbocycles. The molecule has 5 nitrogen and oxygen atoms in total. The number of ether oxygens (including phenoxy) is 2. The van der Waals surface area contributed by atoms with Crippen molar-refractivity contribution in [2.45, 2.75) is 20.4 Å². The van der Waals surface area contributed by atoms with Crippen LogP contribution >= 0.6 is 12.2 Å². The number of fused-ring (bicyclic) bond motifs is 1. The van der Waals surface area contributed by atoms with Crippen LogP contribution in [0.2, 0.25) is 0 Å². The molecule has 1 aromatic carbocycles. The molecule has 0 saturated carbocycles. The SMILES string of the molecule is COc1cc2nc(C)n(CC(C)C(N)=S)c2cc1OC. The number of hydrogen-bond donors (Lipinski definition) is 1. The maximum Gasteiger partial charge on any atom is 0.163 e. The summed E-state index contributed by atoms with van der Waals surface area (Å²) in [6, 6.07) is 3.81. The van der Waals surface area contributed by atoms with Crippen LogP contribution in [0.1, 0.15) is 12.7 Å². The summed E-state index contributed by atoms with van der Waals surface area (Å²) in [5, 5.41) is 0. The van der Waals surface area contributed by atoms with E-state index in [-0.39, 0.29) is 5.92 Å². The van der Waals surface area contributed by atoms with Gasteiger partial charge in [0, 0.05) is 24.6 Å². The molecule has 1 atom stereocenters. The number of thiocarbonyl (C=S) groups is 1. The van der Waals surface area contributed by atoms with Crippen molar-refractivity contribution >= 4 is 28.2 Å². The zero-order valence-corrected chi connectivity index (χ0v) is 13.0. The van der Waals surface area contributed by atoms with E-state index in [1.54, 1.807) is 14.2 Å². The average molecular weight is 293 g/mol. The highest BCUT2D eigenvalue weighted by Gasteiger charge is 2.15. The molecule has 0 fully saturated rings. The lowest BCUT2D eigenvalue weighted by Crippen LogP contribution is -2.23. The van der Waals surface area contributed by atoms with Crippen molar-refractivity contribution in [2.75, 3.05) is 14.2 Å². The van der Waals surface area contributed by atoms with Gasteiger partial charge in [0.15, 0.2) is 11.5 Å². The van der Waals surface area contributed by atoms with Gasteiger partial charge in [-0.3, -0.25) is 0 Å². The molecular weight excluding hydrogens is 274 g/mol. The second kappa shape index (κ2) is 5.66. The van der Waals surface area contributed by atoms with E-state index >= 15 is 0 Å². The van der Waals surface area contributed by atoms with Gasteiger partial charge in [0.05, 0.1) is 30.2 Å². The molecular formula is C14H19N3O2S. The predicted molar refractivity (Wildman–Crippen MR) is 83.5 cm³/mol. The fourth-order valence-corrected chi connectivity index (χ4v) is 2.24. The molecule has 0 bridgehead atoms. The zero-order valence-electron chi connectivity index (χ0n) is 12.1. The smallest absolute Gasteiger partial charge is 0.163 e. The van der Waals surface area contributed by atoms with E-state index in [0.29, 0.717) is 23.0 Å². The highest BCUT2D eigenvalue weighted by atomic mass is 32.1. The van der Waals surface area contributed by atoms with Crippen LogP contribution in [0.3, 0.4) is 0 Å². The van der Waals surface area contributed by atoms with Gasteiger partial charge in [-0.15, -0.1) is 0 Å². The summed E-state index contributed by atoms with van der Waals surface area (Å²) in [5.41, 5.74) is 7.56. The van der Waals surface area contributed by atoms with Gasteiger partial charge >= 0.3 is 0 Å². The molecule has 0 spiro atoms. The highest BCUT2D eigenvalue weighted by Crippen LogP contribution is 2.32. The Balaban J connectivity index is 2.54. The number of aromatic nitrogens is 2. The standard InChI is InChI=1S/C14H19N3O2S/c1-8(14(15)20)7-17-9(2)16-10-5-12(18-3)13(19-4)6-11(10)17/h5-6,8H,7H2,1-4H3,(H2,15,20). The lowest BCUT2D eigenvalue weighted by atomic mass is 10.2. The lowest BCUT2D eigenvalue weighted by molar-refractivity contribution is 0.355. The van der Waals surface area contributed by atoms with Crippen molar-refractivity contribution in [3.05, 3.63) is 18.0 Å². The topological polar surface area (TPSA) is 62.3 Å². The van der Waals surface area contributed by atoms with Gasteiger partial charge in [-0.25, -0.2) is 4.98 Å². The Labute approximate surface area is 123 Å². The van der Waals surface area contributed by atoms with Crippen molar-refractivity contribution < 1.29 is 9.47 Å². The second-order valence-corrected chi connectivity index (χ2v) is 5.24. The van der Waals surface area contributed by atoms with Gasteiger partial charge in [0.25, 0.3) is 0 Å². The Bertz CT molecular complexity index is 651. The number of nitrogens with two attached hydrogens (primary N) is 1. The van der Waals surface area contributed by atoms with E-state index in [1.807, 2.05) is 26.0 Å². The molecule has 0 amide bonds. The molecule has 0 saturated heterocycles. The van der Waals surface area contributed by atoms with Crippen molar-refractivity contribution in [2.24, 2.45) is 11.7 Å². The minimum atomic E-state index is 0.106. The first kappa shape index (κ1) is 14.6. The van der Waals surface area contributed by atoms with Gasteiger partial charge in [0.2, 0.25) is 0 Å². The Morgan fingerprint density at radius 1 is 1.35 bits per heavy atom. The number of nitrogens with zero attached hydrogens (tertiary/aromatic N) is 2. The number of imidazole rings is 1. The van der Waals surface area contributed by atoms with E-state index in [0.717, 1.165) is 16.9 Å². The number of benzene rings is 1. The minimum Gasteiger partial charge on any atom is -0.493 e. The molecule has 0 aliphatic heterocycles. The molecule has 2 aromatic rings. The summed E-state index contributed by atoms with van der Waals surface area (Å²) < 4.78 is 12.7. The molecule has 1 aromatic heterocycles. The van der Waals surface area contributed by atoms with E-state index in [9.17, 15) is 0 Å². The Hall–Kier alpha value is -1.82. The van der Waals surface area contributed by atoms with Crippen molar-refractivity contribution in [1.29, 1.82) is 0 Å². The van der Waals surface area contributed by atoms with E-state index in [2.05, 4.69) is 9.55 Å². The van der Waals surface area contributed by atoms with Crippen LogP contribution in [0.5, 0.6) is 11.5 Å². The molecule has 1 heterocycles. The van der Waals surface area contributed by atoms with Crippen LogP contribution in [0, 0.1) is 12.8 Å². The molecule has 108 valence electrons. The van der Waals surface area contributed by atoms with E-state index < -0.39 is 0 Å². The molecule has 1 unspecified atom stereocenters. The highest BCUT2D eigenvalue weighted by molar-refractivity contribution is 7.80. The third-order valence-corrected chi connectivity index (χ3v) is 3.79. The number of methoxy groups -OCH3 is 2. The molecule has 2 rings (SSSR count). The monoisotopic (exact) mass is 293 g/mol. The van der Waals surface area contributed by atoms with Crippen LogP contribution in [-0.2, 0) is 6.54 Å². The van der Waals surface area contributed by atoms with E-state index in [1.165, 1.54) is 0 Å². The van der Waals surface area contributed by atoms with Crippen LogP contribution in [0.4, 0.5) is 0 Å². The van der Waals surface area contributed by atoms with Gasteiger partial charge in [-0.1, -0.05) is 19.1 Å². The van der Waals surface area contributed by atoms with Crippen LogP contribution in [-0.4, -0.2) is 28.8 Å². The number of aryl methyl sites for hydroxylation is 1. The summed E-state index contributed by atoms with van der Waals surface area (Å²) in [6.45, 7) is 4.67. The quantitative estimate of drug-likeness (QED) is 0.857. The number of rotatable bonds is 5. The normalized spacial score (nSPS) is 12.4. The van der Waals surface area contributed by atoms with Crippen LogP contribution < -0.4 is 15.2 Å². The summed E-state index contributed by atoms with van der Waals surface area (Å²) in [6.07, 6.45) is 0. The summed E-state index contributed by atoms with van der Waals surface area (Å²) in [5.74, 6) is 2.38. The Morgan fingerprint density at radius 2 is 1.95 bits per heavy atom. The summed E-state index contributed by atoms with van der Waals surface area (Å²) >= 11 is 5.04. The van der Waals surface area contributed by atoms with Gasteiger partial charge < -0.3 is 19.8 Å². The lowest BCUT2D eigenvalue weighted by Gasteiger charge is -2.14. The Kier molecular flexibility index (Phi) is 4.13. The van der Waals surface area contributed by atoms with Gasteiger partial charge in [-0.05, 0) is 6.92 Å². The first-order valence-electron chi connectivity index (χ1n) is 6.36. The van der Waals surface area contributed by atoms with Crippen molar-refractivity contribution in [3.8, 4) is 11.5 Å². The average Bonchev–Trinajstić information content (AvgIpc) is 2.72. The number of hydrogen-bond acceptors (Lipinski definition) is 4. The third kappa shape index (κ3) is 2.56. The third-order valence-electron chi connectivity index (χ3n) is 3.39. The molecule has 6 heteroatoms. The first-order valence-corrected chi connectivity index (χ1v) is 6.77. The summed E-state index contributed by atoms with van der Waals surface area (Å²) in [7, 11) is 3.23. The fourth-order valence-electron chi connectivity index (χ4n) is 2.17. The van der Waals surface area contributed by atoms with Crippen molar-refractivity contribution in [1.82, 2.24) is 9.55 Å². The van der Waals surface area contributed by atoms with Crippen LogP contribution in [0.15, 0.2) is 12.1 Å².